The van der Waals surface area contributed by atoms with Crippen molar-refractivity contribution in [3.05, 3.63) is 0 Å². The quantitative estimate of drug-likeness (QED) is 0.706. The van der Waals surface area contributed by atoms with E-state index in [-0.39, 0.29) is 0 Å². The summed E-state index contributed by atoms with van der Waals surface area (Å²) in [6, 6.07) is 0.379. The molecule has 1 heterocycles. The van der Waals surface area contributed by atoms with Crippen molar-refractivity contribution in [2.45, 2.75) is 40.2 Å². The van der Waals surface area contributed by atoms with Crippen LogP contribution < -0.4 is 10.0 Å². The number of nitrogens with zero attached hydrogens (tertiary/aromatic N) is 1. The maximum Gasteiger partial charge on any atom is 0.279 e. The second kappa shape index (κ2) is 6.84. The van der Waals surface area contributed by atoms with Crippen LogP contribution in [-0.4, -0.2) is 44.9 Å². The van der Waals surface area contributed by atoms with E-state index in [2.05, 4.69) is 23.9 Å². The van der Waals surface area contributed by atoms with Gasteiger partial charge in [-0.3, -0.25) is 0 Å². The van der Waals surface area contributed by atoms with Crippen LogP contribution in [0.2, 0.25) is 0 Å². The van der Waals surface area contributed by atoms with Crippen molar-refractivity contribution in [3.8, 4) is 0 Å². The van der Waals surface area contributed by atoms with E-state index in [1.165, 1.54) is 0 Å². The maximum absolute atomic E-state index is 12.1. The van der Waals surface area contributed by atoms with E-state index in [0.29, 0.717) is 44.1 Å². The molecular formula is C12H27N3O2S. The molecule has 0 bridgehead atoms. The number of nitrogens with one attached hydrogen (secondary N) is 2. The predicted octanol–water partition coefficient (Wildman–Crippen LogP) is 0.797. The largest absolute Gasteiger partial charge is 0.313 e. The van der Waals surface area contributed by atoms with Crippen LogP contribution in [0, 0.1) is 11.8 Å². The first kappa shape index (κ1) is 15.9. The van der Waals surface area contributed by atoms with E-state index in [1.54, 1.807) is 4.31 Å². The van der Waals surface area contributed by atoms with Crippen LogP contribution in [0.5, 0.6) is 0 Å². The molecule has 1 rings (SSSR count). The topological polar surface area (TPSA) is 61.4 Å². The fourth-order valence-corrected chi connectivity index (χ4v) is 3.88. The van der Waals surface area contributed by atoms with Crippen LogP contribution in [0.3, 0.4) is 0 Å². The van der Waals surface area contributed by atoms with E-state index in [9.17, 15) is 8.42 Å². The molecule has 0 saturated carbocycles. The Balaban J connectivity index is 2.42. The lowest BCUT2D eigenvalue weighted by Crippen LogP contribution is -2.49. The van der Waals surface area contributed by atoms with Crippen LogP contribution in [-0.2, 0) is 10.2 Å². The summed E-state index contributed by atoms with van der Waals surface area (Å²) in [5.74, 6) is 0.887. The third-order valence-electron chi connectivity index (χ3n) is 3.14. The highest BCUT2D eigenvalue weighted by Gasteiger charge is 2.29. The van der Waals surface area contributed by atoms with Gasteiger partial charge in [0.2, 0.25) is 0 Å². The highest BCUT2D eigenvalue weighted by Crippen LogP contribution is 2.22. The van der Waals surface area contributed by atoms with Gasteiger partial charge in [0.05, 0.1) is 0 Å². The number of hydrogen-bond donors (Lipinski definition) is 2. The van der Waals surface area contributed by atoms with Crippen LogP contribution in [0.1, 0.15) is 34.1 Å². The molecule has 2 atom stereocenters. The van der Waals surface area contributed by atoms with Crippen LogP contribution in [0.25, 0.3) is 0 Å². The Labute approximate surface area is 112 Å². The summed E-state index contributed by atoms with van der Waals surface area (Å²) in [5, 5.41) is 3.19. The van der Waals surface area contributed by atoms with E-state index < -0.39 is 10.2 Å². The molecule has 0 aromatic carbocycles. The second-order valence-electron chi connectivity index (χ2n) is 5.77. The fraction of sp³-hybridized carbons (Fsp3) is 1.00. The Morgan fingerprint density at radius 3 is 2.22 bits per heavy atom. The summed E-state index contributed by atoms with van der Waals surface area (Å²) in [4.78, 5) is 0. The first-order valence-electron chi connectivity index (χ1n) is 6.79. The maximum atomic E-state index is 12.1. The van der Waals surface area contributed by atoms with Gasteiger partial charge in [-0.2, -0.15) is 12.7 Å². The zero-order chi connectivity index (χ0) is 13.8. The van der Waals surface area contributed by atoms with Gasteiger partial charge >= 0.3 is 0 Å². The van der Waals surface area contributed by atoms with Gasteiger partial charge in [-0.15, -0.1) is 0 Å². The first-order chi connectivity index (χ1) is 8.31. The molecule has 5 nitrogen and oxygen atoms in total. The Morgan fingerprint density at radius 2 is 1.72 bits per heavy atom. The molecule has 1 aliphatic rings. The third kappa shape index (κ3) is 5.22. The minimum Gasteiger partial charge on any atom is -0.313 e. The zero-order valence-electron chi connectivity index (χ0n) is 11.9. The Morgan fingerprint density at radius 1 is 1.17 bits per heavy atom. The molecule has 0 aliphatic carbocycles. The third-order valence-corrected chi connectivity index (χ3v) is 4.68. The standard InChI is InChI=1S/C12H27N3O2S/c1-10(2)13-5-6-14-18(16,17)15-8-11(3)7-12(4)9-15/h10-14H,5-9H2,1-4H3. The van der Waals surface area contributed by atoms with E-state index in [1.807, 2.05) is 13.8 Å². The van der Waals surface area contributed by atoms with Gasteiger partial charge in [-0.05, 0) is 18.3 Å². The summed E-state index contributed by atoms with van der Waals surface area (Å²) in [6.07, 6.45) is 1.11. The van der Waals surface area contributed by atoms with Crippen LogP contribution >= 0.6 is 0 Å². The van der Waals surface area contributed by atoms with Gasteiger partial charge in [0.15, 0.2) is 0 Å². The highest BCUT2D eigenvalue weighted by molar-refractivity contribution is 7.87. The summed E-state index contributed by atoms with van der Waals surface area (Å²) >= 11 is 0. The normalized spacial score (nSPS) is 26.7. The molecule has 1 saturated heterocycles. The highest BCUT2D eigenvalue weighted by atomic mass is 32.2. The first-order valence-corrected chi connectivity index (χ1v) is 8.23. The molecular weight excluding hydrogens is 250 g/mol. The molecule has 0 aromatic rings. The SMILES string of the molecule is CC1CC(C)CN(S(=O)(=O)NCCNC(C)C)C1. The monoisotopic (exact) mass is 277 g/mol. The summed E-state index contributed by atoms with van der Waals surface area (Å²) in [6.45, 7) is 10.7. The van der Waals surface area contributed by atoms with Crippen molar-refractivity contribution in [1.29, 1.82) is 0 Å². The van der Waals surface area contributed by atoms with E-state index >= 15 is 0 Å². The number of hydrogen-bond acceptors (Lipinski definition) is 3. The molecule has 6 heteroatoms. The molecule has 2 N–H and O–H groups in total. The lowest BCUT2D eigenvalue weighted by atomic mass is 9.94. The van der Waals surface area contributed by atoms with E-state index in [0.717, 1.165) is 6.42 Å². The van der Waals surface area contributed by atoms with Gasteiger partial charge in [0.1, 0.15) is 0 Å². The smallest absolute Gasteiger partial charge is 0.279 e. The predicted molar refractivity (Wildman–Crippen MR) is 74.6 cm³/mol. The fourth-order valence-electron chi connectivity index (χ4n) is 2.43. The average molecular weight is 277 g/mol. The van der Waals surface area contributed by atoms with Crippen molar-refractivity contribution < 1.29 is 8.42 Å². The van der Waals surface area contributed by atoms with Crippen LogP contribution in [0.4, 0.5) is 0 Å². The van der Waals surface area contributed by atoms with E-state index in [4.69, 9.17) is 0 Å². The Kier molecular flexibility index (Phi) is 6.04. The van der Waals surface area contributed by atoms with Crippen molar-refractivity contribution in [1.82, 2.24) is 14.3 Å². The summed E-state index contributed by atoms with van der Waals surface area (Å²) < 4.78 is 28.5. The minimum absolute atomic E-state index is 0.379. The van der Waals surface area contributed by atoms with Gasteiger partial charge in [0, 0.05) is 32.2 Å². The van der Waals surface area contributed by atoms with Crippen molar-refractivity contribution >= 4 is 10.2 Å². The molecule has 0 amide bonds. The minimum atomic E-state index is -3.30. The van der Waals surface area contributed by atoms with Crippen molar-refractivity contribution in [2.75, 3.05) is 26.2 Å². The molecule has 1 aliphatic heterocycles. The van der Waals surface area contributed by atoms with Gasteiger partial charge in [-0.25, -0.2) is 4.72 Å². The van der Waals surface area contributed by atoms with Crippen molar-refractivity contribution in [3.63, 3.8) is 0 Å². The lowest BCUT2D eigenvalue weighted by Gasteiger charge is -2.34. The Hall–Kier alpha value is -0.170. The Bertz CT molecular complexity index is 333. The molecule has 1 fully saturated rings. The summed E-state index contributed by atoms with van der Waals surface area (Å²) in [7, 11) is -3.30. The molecule has 108 valence electrons. The van der Waals surface area contributed by atoms with Gasteiger partial charge < -0.3 is 5.32 Å². The molecule has 18 heavy (non-hydrogen) atoms. The molecule has 2 unspecified atom stereocenters. The average Bonchev–Trinajstić information content (AvgIpc) is 2.23. The molecule has 0 radical (unpaired) electrons. The van der Waals surface area contributed by atoms with Crippen LogP contribution in [0.15, 0.2) is 0 Å². The van der Waals surface area contributed by atoms with Gasteiger partial charge in [-0.1, -0.05) is 27.7 Å². The number of piperidine rings is 1. The number of rotatable bonds is 6. The van der Waals surface area contributed by atoms with Gasteiger partial charge in [0.25, 0.3) is 10.2 Å². The zero-order valence-corrected chi connectivity index (χ0v) is 12.8. The molecule has 0 spiro atoms. The summed E-state index contributed by atoms with van der Waals surface area (Å²) in [5.41, 5.74) is 0. The molecule has 0 aromatic heterocycles. The lowest BCUT2D eigenvalue weighted by molar-refractivity contribution is 0.220. The second-order valence-corrected chi connectivity index (χ2v) is 7.53. The van der Waals surface area contributed by atoms with Crippen molar-refractivity contribution in [2.24, 2.45) is 11.8 Å².